The minimum absolute atomic E-state index is 0.104. The highest BCUT2D eigenvalue weighted by Gasteiger charge is 2.38. The summed E-state index contributed by atoms with van der Waals surface area (Å²) in [6.07, 6.45) is 0.653. The van der Waals surface area contributed by atoms with Crippen molar-refractivity contribution in [2.24, 2.45) is 5.16 Å². The minimum atomic E-state index is -0.498. The summed E-state index contributed by atoms with van der Waals surface area (Å²) in [7, 11) is 1.44. The maximum absolute atomic E-state index is 13.3. The molecule has 1 atom stereocenters. The molecule has 0 bridgehead atoms. The zero-order valence-electron chi connectivity index (χ0n) is 17.2. The molecule has 1 N–H and O–H groups in total. The third-order valence-electron chi connectivity index (χ3n) is 5.12. The molecule has 1 saturated heterocycles. The van der Waals surface area contributed by atoms with E-state index in [0.717, 1.165) is 5.56 Å². The molecule has 2 aromatic carbocycles. The van der Waals surface area contributed by atoms with Gasteiger partial charge in [-0.3, -0.25) is 4.79 Å². The van der Waals surface area contributed by atoms with Gasteiger partial charge in [-0.1, -0.05) is 34.0 Å². The summed E-state index contributed by atoms with van der Waals surface area (Å²) in [5.41, 5.74) is 2.55. The van der Waals surface area contributed by atoms with Gasteiger partial charge in [-0.05, 0) is 35.9 Å². The first-order valence-electron chi connectivity index (χ1n) is 9.89. The van der Waals surface area contributed by atoms with E-state index in [1.165, 1.54) is 19.2 Å². The Bertz CT molecular complexity index is 1150. The predicted molar refractivity (Wildman–Crippen MR) is 115 cm³/mol. The second-order valence-corrected chi connectivity index (χ2v) is 7.62. The molecule has 1 unspecified atom stereocenters. The fraction of sp³-hybridized carbons (Fsp3) is 0.273. The Morgan fingerprint density at radius 1 is 1.34 bits per heavy atom. The van der Waals surface area contributed by atoms with Crippen molar-refractivity contribution in [3.05, 3.63) is 70.6 Å². The predicted octanol–water partition coefficient (Wildman–Crippen LogP) is 3.65. The van der Waals surface area contributed by atoms with Crippen LogP contribution in [0.25, 0.3) is 11.1 Å². The summed E-state index contributed by atoms with van der Waals surface area (Å²) in [6.45, 7) is 0.147. The number of benzene rings is 2. The van der Waals surface area contributed by atoms with Gasteiger partial charge in [-0.2, -0.15) is 4.98 Å². The average Bonchev–Trinajstić information content (AvgIpc) is 3.41. The maximum Gasteiger partial charge on any atom is 0.254 e. The fourth-order valence-electron chi connectivity index (χ4n) is 3.62. The Labute approximate surface area is 188 Å². The van der Waals surface area contributed by atoms with Crippen LogP contribution in [0.5, 0.6) is 0 Å². The van der Waals surface area contributed by atoms with Gasteiger partial charge in [0, 0.05) is 24.0 Å². The van der Waals surface area contributed by atoms with Crippen molar-refractivity contribution < 1.29 is 23.7 Å². The first-order valence-corrected chi connectivity index (χ1v) is 10.3. The largest absolute Gasteiger partial charge is 0.399 e. The number of carbonyl (C=O) groups excluding carboxylic acids is 1. The standard InChI is InChI=1S/C22H20ClFN4O4/c1-31-26-16-11-19(21-25-20(8-9-29)27-32-21)28(12-16)22(30)14-4-2-13(3-5-14)17-7-6-15(24)10-18(17)23/h2-7,10,19,29H,8-9,11-12H2,1H3/b26-16+. The zero-order valence-corrected chi connectivity index (χ0v) is 17.9. The summed E-state index contributed by atoms with van der Waals surface area (Å²) in [5.74, 6) is -0.0114. The summed E-state index contributed by atoms with van der Waals surface area (Å²) in [5, 5.41) is 17.2. The van der Waals surface area contributed by atoms with Crippen LogP contribution in [0.3, 0.4) is 0 Å². The van der Waals surface area contributed by atoms with E-state index in [1.807, 2.05) is 0 Å². The fourth-order valence-corrected chi connectivity index (χ4v) is 3.90. The van der Waals surface area contributed by atoms with E-state index in [2.05, 4.69) is 15.3 Å². The Morgan fingerprint density at radius 3 is 2.81 bits per heavy atom. The minimum Gasteiger partial charge on any atom is -0.399 e. The molecule has 0 aliphatic carbocycles. The third-order valence-corrected chi connectivity index (χ3v) is 5.43. The molecule has 0 saturated carbocycles. The van der Waals surface area contributed by atoms with E-state index >= 15 is 0 Å². The molecule has 0 radical (unpaired) electrons. The molecule has 166 valence electrons. The van der Waals surface area contributed by atoms with Crippen molar-refractivity contribution in [3.63, 3.8) is 0 Å². The van der Waals surface area contributed by atoms with Gasteiger partial charge in [0.15, 0.2) is 5.82 Å². The summed E-state index contributed by atoms with van der Waals surface area (Å²) in [4.78, 5) is 24.1. The Kier molecular flexibility index (Phi) is 6.48. The zero-order chi connectivity index (χ0) is 22.7. The highest BCUT2D eigenvalue weighted by atomic mass is 35.5. The normalized spacial score (nSPS) is 17.2. The quantitative estimate of drug-likeness (QED) is 0.566. The first kappa shape index (κ1) is 21.9. The van der Waals surface area contributed by atoms with E-state index < -0.39 is 11.9 Å². The number of hydrogen-bond acceptors (Lipinski definition) is 7. The van der Waals surface area contributed by atoms with Crippen molar-refractivity contribution in [3.8, 4) is 11.1 Å². The lowest BCUT2D eigenvalue weighted by Crippen LogP contribution is -2.31. The highest BCUT2D eigenvalue weighted by molar-refractivity contribution is 6.33. The van der Waals surface area contributed by atoms with Crippen LogP contribution in [-0.4, -0.2) is 52.0 Å². The Morgan fingerprint density at radius 2 is 2.12 bits per heavy atom. The van der Waals surface area contributed by atoms with E-state index in [1.54, 1.807) is 35.2 Å². The molecule has 10 heteroatoms. The highest BCUT2D eigenvalue weighted by Crippen LogP contribution is 2.33. The van der Waals surface area contributed by atoms with Crippen molar-refractivity contribution in [2.75, 3.05) is 20.3 Å². The van der Waals surface area contributed by atoms with Crippen LogP contribution in [-0.2, 0) is 11.3 Å². The first-order chi connectivity index (χ1) is 15.5. The second kappa shape index (κ2) is 9.46. The van der Waals surface area contributed by atoms with Gasteiger partial charge in [0.2, 0.25) is 5.89 Å². The number of carbonyl (C=O) groups is 1. The Hall–Kier alpha value is -3.30. The molecule has 1 fully saturated rings. The van der Waals surface area contributed by atoms with E-state index in [0.29, 0.717) is 34.1 Å². The topological polar surface area (TPSA) is 101 Å². The van der Waals surface area contributed by atoms with Crippen LogP contribution in [0, 0.1) is 5.82 Å². The third kappa shape index (κ3) is 4.49. The molecular weight excluding hydrogens is 439 g/mol. The van der Waals surface area contributed by atoms with Gasteiger partial charge < -0.3 is 19.4 Å². The smallest absolute Gasteiger partial charge is 0.254 e. The van der Waals surface area contributed by atoms with E-state index in [4.69, 9.17) is 26.1 Å². The van der Waals surface area contributed by atoms with Crippen molar-refractivity contribution >= 4 is 23.2 Å². The SMILES string of the molecule is CO/N=C1\CC(c2nc(CCO)no2)N(C(=O)c2ccc(-c3ccc(F)cc3Cl)cc2)C1. The summed E-state index contributed by atoms with van der Waals surface area (Å²) >= 11 is 6.15. The molecule has 1 amide bonds. The number of aliphatic hydroxyl groups is 1. The number of halogens is 2. The molecule has 32 heavy (non-hydrogen) atoms. The molecule has 4 rings (SSSR count). The number of nitrogens with zero attached hydrogens (tertiary/aromatic N) is 4. The molecule has 8 nitrogen and oxygen atoms in total. The molecule has 3 aromatic rings. The van der Waals surface area contributed by atoms with Crippen molar-refractivity contribution in [2.45, 2.75) is 18.9 Å². The second-order valence-electron chi connectivity index (χ2n) is 7.22. The summed E-state index contributed by atoms with van der Waals surface area (Å²) in [6, 6.07) is 10.6. The van der Waals surface area contributed by atoms with Crippen LogP contribution in [0.15, 0.2) is 52.1 Å². The van der Waals surface area contributed by atoms with E-state index in [9.17, 15) is 9.18 Å². The molecule has 1 aliphatic rings. The van der Waals surface area contributed by atoms with Crippen LogP contribution in [0.2, 0.25) is 5.02 Å². The van der Waals surface area contributed by atoms with Gasteiger partial charge in [-0.15, -0.1) is 0 Å². The van der Waals surface area contributed by atoms with E-state index in [-0.39, 0.29) is 31.4 Å². The van der Waals surface area contributed by atoms with Gasteiger partial charge in [0.1, 0.15) is 19.0 Å². The number of rotatable bonds is 6. The van der Waals surface area contributed by atoms with Crippen LogP contribution < -0.4 is 0 Å². The number of amides is 1. The van der Waals surface area contributed by atoms with Crippen molar-refractivity contribution in [1.29, 1.82) is 0 Å². The van der Waals surface area contributed by atoms with Gasteiger partial charge >= 0.3 is 0 Å². The van der Waals surface area contributed by atoms with Crippen LogP contribution >= 0.6 is 11.6 Å². The number of hydrogen-bond donors (Lipinski definition) is 1. The molecule has 1 aliphatic heterocycles. The number of likely N-dealkylation sites (tertiary alicyclic amines) is 1. The lowest BCUT2D eigenvalue weighted by molar-refractivity contribution is 0.0713. The summed E-state index contributed by atoms with van der Waals surface area (Å²) < 4.78 is 18.7. The van der Waals surface area contributed by atoms with Gasteiger partial charge in [-0.25, -0.2) is 4.39 Å². The molecule has 2 heterocycles. The number of oxime groups is 1. The molecule has 0 spiro atoms. The van der Waals surface area contributed by atoms with Crippen LogP contribution in [0.4, 0.5) is 4.39 Å². The lowest BCUT2D eigenvalue weighted by Gasteiger charge is -2.21. The average molecular weight is 459 g/mol. The Balaban J connectivity index is 1.59. The van der Waals surface area contributed by atoms with Crippen molar-refractivity contribution in [1.82, 2.24) is 15.0 Å². The monoisotopic (exact) mass is 458 g/mol. The lowest BCUT2D eigenvalue weighted by atomic mass is 10.0. The number of aliphatic hydroxyl groups excluding tert-OH is 1. The van der Waals surface area contributed by atoms with Gasteiger partial charge in [0.25, 0.3) is 5.91 Å². The molecule has 1 aromatic heterocycles. The number of aromatic nitrogens is 2. The maximum atomic E-state index is 13.3. The van der Waals surface area contributed by atoms with Crippen LogP contribution in [0.1, 0.15) is 34.5 Å². The molecular formula is C22H20ClFN4O4. The van der Waals surface area contributed by atoms with Gasteiger partial charge in [0.05, 0.1) is 23.9 Å².